The number of benzene rings is 1. The van der Waals surface area contributed by atoms with Crippen molar-refractivity contribution in [2.24, 2.45) is 11.5 Å². The lowest BCUT2D eigenvalue weighted by atomic mass is 10.1. The number of anilines is 1. The highest BCUT2D eigenvalue weighted by atomic mass is 16.5. The van der Waals surface area contributed by atoms with E-state index in [2.05, 4.69) is 5.32 Å². The zero-order valence-corrected chi connectivity index (χ0v) is 9.49. The van der Waals surface area contributed by atoms with E-state index in [0.29, 0.717) is 17.9 Å². The minimum atomic E-state index is -0.467. The number of nitrogens with one attached hydrogen (secondary N) is 1. The van der Waals surface area contributed by atoms with Crippen LogP contribution in [0.4, 0.5) is 5.69 Å². The van der Waals surface area contributed by atoms with Gasteiger partial charge >= 0.3 is 0 Å². The molecule has 1 aromatic rings. The Morgan fingerprint density at radius 1 is 1.56 bits per heavy atom. The van der Waals surface area contributed by atoms with Crippen LogP contribution in [0.3, 0.4) is 0 Å². The van der Waals surface area contributed by atoms with Crippen molar-refractivity contribution in [3.8, 4) is 5.75 Å². The van der Waals surface area contributed by atoms with E-state index in [4.69, 9.17) is 16.2 Å². The van der Waals surface area contributed by atoms with Crippen LogP contribution in [0.15, 0.2) is 18.2 Å². The fourth-order valence-electron chi connectivity index (χ4n) is 1.30. The molecule has 0 saturated heterocycles. The lowest BCUT2D eigenvalue weighted by molar-refractivity contribution is 0.100. The highest BCUT2D eigenvalue weighted by Crippen LogP contribution is 2.25. The van der Waals surface area contributed by atoms with E-state index in [1.165, 1.54) is 0 Å². The number of primary amides is 1. The highest BCUT2D eigenvalue weighted by Gasteiger charge is 2.09. The maximum absolute atomic E-state index is 11.0. The van der Waals surface area contributed by atoms with Gasteiger partial charge in [0.15, 0.2) is 0 Å². The SMILES string of the molecule is COc1ccc(C(N)=O)cc1NC(C)CN. The average Bonchev–Trinajstić information content (AvgIpc) is 2.28. The van der Waals surface area contributed by atoms with Gasteiger partial charge in [-0.05, 0) is 25.1 Å². The summed E-state index contributed by atoms with van der Waals surface area (Å²) >= 11 is 0. The molecule has 5 N–H and O–H groups in total. The first kappa shape index (κ1) is 12.3. The third-order valence-corrected chi connectivity index (χ3v) is 2.24. The summed E-state index contributed by atoms with van der Waals surface area (Å²) in [5, 5.41) is 3.15. The van der Waals surface area contributed by atoms with Gasteiger partial charge in [0.2, 0.25) is 5.91 Å². The summed E-state index contributed by atoms with van der Waals surface area (Å²) in [6.07, 6.45) is 0. The molecule has 0 spiro atoms. The minimum absolute atomic E-state index is 0.0945. The number of rotatable bonds is 5. The van der Waals surface area contributed by atoms with E-state index in [9.17, 15) is 4.79 Å². The summed E-state index contributed by atoms with van der Waals surface area (Å²) in [7, 11) is 1.57. The van der Waals surface area contributed by atoms with E-state index in [1.807, 2.05) is 6.92 Å². The minimum Gasteiger partial charge on any atom is -0.495 e. The number of ether oxygens (including phenoxy) is 1. The Kier molecular flexibility index (Phi) is 4.13. The molecule has 0 aliphatic carbocycles. The fourth-order valence-corrected chi connectivity index (χ4v) is 1.30. The standard InChI is InChI=1S/C11H17N3O2/c1-7(6-12)14-9-5-8(11(13)15)3-4-10(9)16-2/h3-5,7,14H,6,12H2,1-2H3,(H2,13,15). The van der Waals surface area contributed by atoms with Gasteiger partial charge in [0.25, 0.3) is 0 Å². The van der Waals surface area contributed by atoms with Crippen LogP contribution in [0.25, 0.3) is 0 Å². The zero-order chi connectivity index (χ0) is 12.1. The van der Waals surface area contributed by atoms with Crippen LogP contribution < -0.4 is 21.5 Å². The monoisotopic (exact) mass is 223 g/mol. The molecule has 1 amide bonds. The second kappa shape index (κ2) is 5.37. The van der Waals surface area contributed by atoms with Crippen molar-refractivity contribution in [1.29, 1.82) is 0 Å². The molecule has 0 radical (unpaired) electrons. The van der Waals surface area contributed by atoms with Gasteiger partial charge < -0.3 is 21.5 Å². The molecule has 0 saturated carbocycles. The molecule has 1 rings (SSSR count). The van der Waals surface area contributed by atoms with Crippen molar-refractivity contribution in [3.63, 3.8) is 0 Å². The molecule has 1 unspecified atom stereocenters. The number of methoxy groups -OCH3 is 1. The van der Waals surface area contributed by atoms with Gasteiger partial charge in [-0.2, -0.15) is 0 Å². The Balaban J connectivity index is 3.02. The maximum Gasteiger partial charge on any atom is 0.248 e. The summed E-state index contributed by atoms with van der Waals surface area (Å²) in [5.41, 5.74) is 11.9. The summed E-state index contributed by atoms with van der Waals surface area (Å²) in [5.74, 6) is 0.191. The van der Waals surface area contributed by atoms with Gasteiger partial charge in [-0.25, -0.2) is 0 Å². The highest BCUT2D eigenvalue weighted by molar-refractivity contribution is 5.94. The molecular formula is C11H17N3O2. The van der Waals surface area contributed by atoms with Crippen molar-refractivity contribution in [2.45, 2.75) is 13.0 Å². The lowest BCUT2D eigenvalue weighted by Crippen LogP contribution is -2.25. The van der Waals surface area contributed by atoms with Crippen LogP contribution in [-0.4, -0.2) is 25.6 Å². The predicted molar refractivity (Wildman–Crippen MR) is 63.7 cm³/mol. The predicted octanol–water partition coefficient (Wildman–Crippen LogP) is 0.553. The molecule has 88 valence electrons. The van der Waals surface area contributed by atoms with Crippen molar-refractivity contribution >= 4 is 11.6 Å². The molecule has 0 heterocycles. The second-order valence-electron chi connectivity index (χ2n) is 3.56. The molecule has 0 aliphatic heterocycles. The summed E-state index contributed by atoms with van der Waals surface area (Å²) in [6.45, 7) is 2.43. The molecule has 0 aromatic heterocycles. The van der Waals surface area contributed by atoms with Gasteiger partial charge in [0.05, 0.1) is 12.8 Å². The molecule has 5 nitrogen and oxygen atoms in total. The van der Waals surface area contributed by atoms with E-state index in [-0.39, 0.29) is 6.04 Å². The van der Waals surface area contributed by atoms with Gasteiger partial charge in [0.1, 0.15) is 5.75 Å². The van der Waals surface area contributed by atoms with Gasteiger partial charge in [-0.15, -0.1) is 0 Å². The normalized spacial score (nSPS) is 11.9. The Labute approximate surface area is 94.8 Å². The number of carbonyl (C=O) groups is 1. The van der Waals surface area contributed by atoms with E-state index < -0.39 is 5.91 Å². The van der Waals surface area contributed by atoms with Crippen molar-refractivity contribution in [2.75, 3.05) is 19.0 Å². The summed E-state index contributed by atoms with van der Waals surface area (Å²) < 4.78 is 5.17. The molecule has 0 fully saturated rings. The van der Waals surface area contributed by atoms with Crippen LogP contribution in [0.1, 0.15) is 17.3 Å². The third-order valence-electron chi connectivity index (χ3n) is 2.24. The Hall–Kier alpha value is -1.75. The Morgan fingerprint density at radius 2 is 2.25 bits per heavy atom. The topological polar surface area (TPSA) is 90.4 Å². The first-order valence-electron chi connectivity index (χ1n) is 5.03. The van der Waals surface area contributed by atoms with Crippen LogP contribution >= 0.6 is 0 Å². The van der Waals surface area contributed by atoms with E-state index >= 15 is 0 Å². The third kappa shape index (κ3) is 2.87. The Morgan fingerprint density at radius 3 is 2.75 bits per heavy atom. The summed E-state index contributed by atoms with van der Waals surface area (Å²) in [4.78, 5) is 11.0. The molecule has 0 bridgehead atoms. The average molecular weight is 223 g/mol. The van der Waals surface area contributed by atoms with Gasteiger partial charge in [-0.3, -0.25) is 4.79 Å². The Bertz CT molecular complexity index is 379. The number of nitrogens with two attached hydrogens (primary N) is 2. The summed E-state index contributed by atoms with van der Waals surface area (Å²) in [6, 6.07) is 5.08. The number of hydrogen-bond acceptors (Lipinski definition) is 4. The number of amides is 1. The van der Waals surface area contributed by atoms with Crippen LogP contribution in [-0.2, 0) is 0 Å². The van der Waals surface area contributed by atoms with Crippen molar-refractivity contribution in [1.82, 2.24) is 0 Å². The molecule has 1 aromatic carbocycles. The molecular weight excluding hydrogens is 206 g/mol. The van der Waals surface area contributed by atoms with Crippen LogP contribution in [0, 0.1) is 0 Å². The first-order valence-corrected chi connectivity index (χ1v) is 5.03. The number of hydrogen-bond donors (Lipinski definition) is 3. The zero-order valence-electron chi connectivity index (χ0n) is 9.49. The molecule has 16 heavy (non-hydrogen) atoms. The molecule has 1 atom stereocenters. The van der Waals surface area contributed by atoms with Crippen LogP contribution in [0.2, 0.25) is 0 Å². The maximum atomic E-state index is 11.0. The van der Waals surface area contributed by atoms with Gasteiger partial charge in [-0.1, -0.05) is 0 Å². The lowest BCUT2D eigenvalue weighted by Gasteiger charge is -2.16. The fraction of sp³-hybridized carbons (Fsp3) is 0.364. The smallest absolute Gasteiger partial charge is 0.248 e. The second-order valence-corrected chi connectivity index (χ2v) is 3.56. The van der Waals surface area contributed by atoms with E-state index in [0.717, 1.165) is 5.69 Å². The van der Waals surface area contributed by atoms with Gasteiger partial charge in [0, 0.05) is 18.2 Å². The number of carbonyl (C=O) groups excluding carboxylic acids is 1. The molecule has 5 heteroatoms. The van der Waals surface area contributed by atoms with Crippen molar-refractivity contribution in [3.05, 3.63) is 23.8 Å². The first-order chi connectivity index (χ1) is 7.58. The van der Waals surface area contributed by atoms with Crippen molar-refractivity contribution < 1.29 is 9.53 Å². The quantitative estimate of drug-likeness (QED) is 0.680. The van der Waals surface area contributed by atoms with Crippen LogP contribution in [0.5, 0.6) is 5.75 Å². The molecule has 0 aliphatic rings. The van der Waals surface area contributed by atoms with E-state index in [1.54, 1.807) is 25.3 Å². The largest absolute Gasteiger partial charge is 0.495 e.